The predicted octanol–water partition coefficient (Wildman–Crippen LogP) is 6.97. The SMILES string of the molecule is CC(=O)O[C@H](C)Cc1cccc([C@@](C)(CCCC(C)(C)CS(=O)(=O)CCO[Si](C)(C)C(C)(C)C)C(=O)NN(C)C(=O)OC(C)(C)C)c1. The van der Waals surface area contributed by atoms with Crippen molar-refractivity contribution < 1.29 is 36.7 Å². The summed E-state index contributed by atoms with van der Waals surface area (Å²) >= 11 is 0. The molecule has 0 spiro atoms. The Hall–Kier alpha value is -2.44. The van der Waals surface area contributed by atoms with Crippen LogP contribution in [0.15, 0.2) is 24.3 Å². The van der Waals surface area contributed by atoms with E-state index < -0.39 is 46.6 Å². The molecule has 10 nitrogen and oxygen atoms in total. The molecule has 0 aliphatic carbocycles. The molecule has 0 bridgehead atoms. The Morgan fingerprint density at radius 2 is 1.57 bits per heavy atom. The molecule has 1 aromatic carbocycles. The molecule has 0 aliphatic heterocycles. The lowest BCUT2D eigenvalue weighted by atomic mass is 9.75. The van der Waals surface area contributed by atoms with Gasteiger partial charge < -0.3 is 13.9 Å². The first-order valence-corrected chi connectivity index (χ1v) is 21.2. The van der Waals surface area contributed by atoms with E-state index in [1.54, 1.807) is 20.8 Å². The van der Waals surface area contributed by atoms with Crippen molar-refractivity contribution >= 4 is 36.1 Å². The molecule has 2 amide bonds. The van der Waals surface area contributed by atoms with Crippen LogP contribution in [0.25, 0.3) is 0 Å². The number of ether oxygens (including phenoxy) is 2. The van der Waals surface area contributed by atoms with E-state index in [2.05, 4.69) is 39.3 Å². The number of hydrogen-bond acceptors (Lipinski definition) is 8. The van der Waals surface area contributed by atoms with Crippen molar-refractivity contribution in [3.05, 3.63) is 35.4 Å². The van der Waals surface area contributed by atoms with Gasteiger partial charge in [0.2, 0.25) is 5.91 Å². The molecular weight excluding hydrogens is 637 g/mol. The van der Waals surface area contributed by atoms with Crippen LogP contribution in [0, 0.1) is 5.41 Å². The van der Waals surface area contributed by atoms with Gasteiger partial charge in [0.15, 0.2) is 18.2 Å². The van der Waals surface area contributed by atoms with Crippen LogP contribution in [0.4, 0.5) is 4.79 Å². The van der Waals surface area contributed by atoms with Crippen molar-refractivity contribution in [2.24, 2.45) is 5.41 Å². The third kappa shape index (κ3) is 14.7. The largest absolute Gasteiger partial charge is 0.463 e. The van der Waals surface area contributed by atoms with E-state index in [1.807, 2.05) is 52.0 Å². The fraction of sp³-hybridized carbons (Fsp3) is 0.743. The van der Waals surface area contributed by atoms with Crippen LogP contribution >= 0.6 is 0 Å². The summed E-state index contributed by atoms with van der Waals surface area (Å²) in [6.45, 7) is 24.9. The molecule has 0 aliphatic rings. The zero-order chi connectivity index (χ0) is 36.6. The van der Waals surface area contributed by atoms with Crippen LogP contribution in [0.5, 0.6) is 0 Å². The van der Waals surface area contributed by atoms with E-state index in [9.17, 15) is 22.8 Å². The molecule has 0 saturated carbocycles. The number of hydrogen-bond donors (Lipinski definition) is 1. The number of esters is 1. The summed E-state index contributed by atoms with van der Waals surface area (Å²) in [4.78, 5) is 38.1. The fourth-order valence-electron chi connectivity index (χ4n) is 5.04. The lowest BCUT2D eigenvalue weighted by Crippen LogP contribution is -2.52. The van der Waals surface area contributed by atoms with E-state index in [0.717, 1.165) is 16.1 Å². The highest BCUT2D eigenvalue weighted by molar-refractivity contribution is 7.91. The molecule has 0 aromatic heterocycles. The van der Waals surface area contributed by atoms with E-state index in [-0.39, 0.29) is 35.2 Å². The minimum atomic E-state index is -3.38. The van der Waals surface area contributed by atoms with Gasteiger partial charge in [0.05, 0.1) is 16.9 Å². The van der Waals surface area contributed by atoms with Gasteiger partial charge in [-0.2, -0.15) is 0 Å². The number of amides is 2. The Morgan fingerprint density at radius 1 is 0.979 bits per heavy atom. The smallest absolute Gasteiger partial charge is 0.428 e. The molecule has 0 saturated heterocycles. The monoisotopic (exact) mass is 698 g/mol. The van der Waals surface area contributed by atoms with Crippen molar-refractivity contribution in [1.82, 2.24) is 10.4 Å². The zero-order valence-corrected chi connectivity index (χ0v) is 33.3. The molecule has 1 N–H and O–H groups in total. The molecular formula is C35H62N2O8SSi. The number of nitrogens with one attached hydrogen (secondary N) is 1. The lowest BCUT2D eigenvalue weighted by molar-refractivity contribution is -0.145. The number of nitrogens with zero attached hydrogens (tertiary/aromatic N) is 1. The molecule has 47 heavy (non-hydrogen) atoms. The van der Waals surface area contributed by atoms with Crippen molar-refractivity contribution in [2.75, 3.05) is 25.2 Å². The molecule has 2 atom stereocenters. The predicted molar refractivity (Wildman–Crippen MR) is 190 cm³/mol. The Bertz CT molecular complexity index is 1330. The molecule has 1 rings (SSSR count). The van der Waals surface area contributed by atoms with Gasteiger partial charge in [-0.05, 0) is 82.1 Å². The minimum absolute atomic E-state index is 0.00319. The van der Waals surface area contributed by atoms with Gasteiger partial charge in [0.1, 0.15) is 11.7 Å². The maximum Gasteiger partial charge on any atom is 0.428 e. The summed E-state index contributed by atoms with van der Waals surface area (Å²) in [6.07, 6.45) is 0.923. The van der Waals surface area contributed by atoms with Gasteiger partial charge in [-0.25, -0.2) is 18.2 Å². The number of rotatable bonds is 15. The van der Waals surface area contributed by atoms with Gasteiger partial charge in [0.25, 0.3) is 0 Å². The summed E-state index contributed by atoms with van der Waals surface area (Å²) < 4.78 is 43.1. The van der Waals surface area contributed by atoms with Crippen LogP contribution in [0.1, 0.15) is 107 Å². The molecule has 0 unspecified atom stereocenters. The second-order valence-electron chi connectivity index (χ2n) is 16.4. The second-order valence-corrected chi connectivity index (χ2v) is 23.3. The highest BCUT2D eigenvalue weighted by Crippen LogP contribution is 2.37. The zero-order valence-electron chi connectivity index (χ0n) is 31.5. The van der Waals surface area contributed by atoms with Gasteiger partial charge in [0, 0.05) is 27.0 Å². The molecule has 270 valence electrons. The fourth-order valence-corrected chi connectivity index (χ4v) is 8.05. The van der Waals surface area contributed by atoms with Crippen LogP contribution in [0.2, 0.25) is 18.1 Å². The van der Waals surface area contributed by atoms with Crippen molar-refractivity contribution in [3.8, 4) is 0 Å². The summed E-state index contributed by atoms with van der Waals surface area (Å²) in [7, 11) is -4.00. The van der Waals surface area contributed by atoms with Crippen LogP contribution in [-0.2, 0) is 45.2 Å². The maximum absolute atomic E-state index is 13.9. The molecule has 12 heteroatoms. The average Bonchev–Trinajstić information content (AvgIpc) is 2.85. The average molecular weight is 699 g/mol. The summed E-state index contributed by atoms with van der Waals surface area (Å²) in [5, 5.41) is 1.04. The number of carbonyl (C=O) groups excluding carboxylic acids is 3. The van der Waals surface area contributed by atoms with Crippen molar-refractivity contribution in [1.29, 1.82) is 0 Å². The lowest BCUT2D eigenvalue weighted by Gasteiger charge is -2.36. The topological polar surface area (TPSA) is 128 Å². The third-order valence-corrected chi connectivity index (χ3v) is 15.2. The Labute approximate surface area is 285 Å². The van der Waals surface area contributed by atoms with Crippen LogP contribution in [0.3, 0.4) is 0 Å². The molecule has 0 radical (unpaired) electrons. The number of hydrazine groups is 1. The van der Waals surface area contributed by atoms with Crippen LogP contribution < -0.4 is 5.43 Å². The standard InChI is InChI=1S/C35H62N2O8SSi/c1-26(44-27(2)38)23-28-17-15-18-29(24-28)35(11,30(39)36-37(12)31(40)45-32(3,4)5)20-16-19-34(9,10)25-46(41,42)22-21-43-47(13,14)33(6,7)8/h15,17-18,24,26H,16,19-23,25H2,1-14H3,(H,36,39)/t26-,35-/m1/s1. The van der Waals surface area contributed by atoms with E-state index in [0.29, 0.717) is 25.7 Å². The molecule has 1 aromatic rings. The highest BCUT2D eigenvalue weighted by atomic mass is 32.2. The first-order chi connectivity index (χ1) is 21.1. The summed E-state index contributed by atoms with van der Waals surface area (Å²) in [6, 6.07) is 7.56. The van der Waals surface area contributed by atoms with Gasteiger partial charge >= 0.3 is 12.1 Å². The first-order valence-electron chi connectivity index (χ1n) is 16.5. The summed E-state index contributed by atoms with van der Waals surface area (Å²) in [5.41, 5.74) is 1.96. The van der Waals surface area contributed by atoms with Gasteiger partial charge in [-0.1, -0.05) is 65.3 Å². The molecule has 0 fully saturated rings. The Morgan fingerprint density at radius 3 is 2.11 bits per heavy atom. The highest BCUT2D eigenvalue weighted by Gasteiger charge is 2.39. The van der Waals surface area contributed by atoms with Crippen LogP contribution in [-0.4, -0.2) is 76.6 Å². The maximum atomic E-state index is 13.9. The Balaban J connectivity index is 3.17. The first kappa shape index (κ1) is 42.6. The minimum Gasteiger partial charge on any atom is -0.463 e. The molecule has 0 heterocycles. The third-order valence-electron chi connectivity index (χ3n) is 8.70. The summed E-state index contributed by atoms with van der Waals surface area (Å²) in [5.74, 6) is -0.784. The number of sulfone groups is 1. The van der Waals surface area contributed by atoms with Crippen molar-refractivity contribution in [2.45, 2.75) is 137 Å². The van der Waals surface area contributed by atoms with E-state index in [1.165, 1.54) is 14.0 Å². The Kier molecular flexibility index (Phi) is 14.8. The van der Waals surface area contributed by atoms with Gasteiger partial charge in [-0.15, -0.1) is 0 Å². The normalized spacial score (nSPS) is 14.9. The van der Waals surface area contributed by atoms with E-state index >= 15 is 0 Å². The quantitative estimate of drug-likeness (QED) is 0.118. The van der Waals surface area contributed by atoms with Crippen molar-refractivity contribution in [3.63, 3.8) is 0 Å². The second kappa shape index (κ2) is 16.3. The van der Waals surface area contributed by atoms with Gasteiger partial charge in [-0.3, -0.25) is 15.0 Å². The number of benzene rings is 1. The van der Waals surface area contributed by atoms with E-state index in [4.69, 9.17) is 13.9 Å². The number of carbonyl (C=O) groups is 3.